The molecular formula is C20H20N4O2. The predicted molar refractivity (Wildman–Crippen MR) is 102 cm³/mol. The Bertz CT molecular complexity index is 930. The van der Waals surface area contributed by atoms with E-state index in [9.17, 15) is 10.1 Å². The molecule has 2 heterocycles. The van der Waals surface area contributed by atoms with Crippen molar-refractivity contribution < 1.29 is 4.92 Å². The average Bonchev–Trinajstić information content (AvgIpc) is 3.09. The summed E-state index contributed by atoms with van der Waals surface area (Å²) in [7, 11) is 0. The Hall–Kier alpha value is -2.99. The summed E-state index contributed by atoms with van der Waals surface area (Å²) in [6.45, 7) is 2.95. The zero-order valence-corrected chi connectivity index (χ0v) is 14.3. The van der Waals surface area contributed by atoms with Gasteiger partial charge in [-0.25, -0.2) is 0 Å². The summed E-state index contributed by atoms with van der Waals surface area (Å²) in [5, 5.41) is 16.2. The zero-order valence-electron chi connectivity index (χ0n) is 14.3. The van der Waals surface area contributed by atoms with Crippen molar-refractivity contribution in [3.8, 4) is 0 Å². The van der Waals surface area contributed by atoms with Gasteiger partial charge in [-0.05, 0) is 24.1 Å². The minimum Gasteiger partial charge on any atom is -0.380 e. The van der Waals surface area contributed by atoms with Crippen molar-refractivity contribution >= 4 is 22.1 Å². The molecular weight excluding hydrogens is 328 g/mol. The van der Waals surface area contributed by atoms with E-state index < -0.39 is 0 Å². The Balaban J connectivity index is 1.50. The number of nitrogens with one attached hydrogen (secondary N) is 1. The van der Waals surface area contributed by atoms with Crippen LogP contribution >= 0.6 is 0 Å². The normalized spacial score (nSPS) is 17.5. The summed E-state index contributed by atoms with van der Waals surface area (Å²) in [6.07, 6.45) is 4.29. The van der Waals surface area contributed by atoms with Crippen LogP contribution in [0.15, 0.2) is 60.9 Å². The van der Waals surface area contributed by atoms with Crippen molar-refractivity contribution in [3.05, 3.63) is 76.6 Å². The van der Waals surface area contributed by atoms with Gasteiger partial charge in [0.25, 0.3) is 5.69 Å². The van der Waals surface area contributed by atoms with Crippen LogP contribution in [0.4, 0.5) is 11.4 Å². The van der Waals surface area contributed by atoms with Crippen LogP contribution in [0.3, 0.4) is 0 Å². The first-order valence-corrected chi connectivity index (χ1v) is 8.74. The fourth-order valence-electron chi connectivity index (χ4n) is 3.62. The molecule has 1 N–H and O–H groups in total. The number of hydrogen-bond acceptors (Lipinski definition) is 5. The molecule has 3 aromatic rings. The lowest BCUT2D eigenvalue weighted by atomic mass is 10.1. The Labute approximate surface area is 151 Å². The molecule has 1 unspecified atom stereocenters. The number of likely N-dealkylation sites (tertiary alicyclic amines) is 1. The van der Waals surface area contributed by atoms with E-state index in [1.54, 1.807) is 24.5 Å². The van der Waals surface area contributed by atoms with Crippen LogP contribution < -0.4 is 5.32 Å². The molecule has 6 nitrogen and oxygen atoms in total. The second-order valence-corrected chi connectivity index (χ2v) is 6.66. The molecule has 0 bridgehead atoms. The maximum atomic E-state index is 11.2. The van der Waals surface area contributed by atoms with Crippen LogP contribution in [0.5, 0.6) is 0 Å². The van der Waals surface area contributed by atoms with E-state index in [-0.39, 0.29) is 10.6 Å². The van der Waals surface area contributed by atoms with Crippen LogP contribution in [0, 0.1) is 10.1 Å². The average molecular weight is 348 g/mol. The third kappa shape index (κ3) is 3.36. The molecule has 2 aromatic carbocycles. The Morgan fingerprint density at radius 1 is 1.15 bits per heavy atom. The number of nitro benzene ring substituents is 1. The summed E-state index contributed by atoms with van der Waals surface area (Å²) in [5.41, 5.74) is 2.34. The highest BCUT2D eigenvalue weighted by atomic mass is 16.6. The van der Waals surface area contributed by atoms with Gasteiger partial charge in [0.15, 0.2) is 0 Å². The smallest absolute Gasteiger partial charge is 0.278 e. The van der Waals surface area contributed by atoms with Gasteiger partial charge in [0.1, 0.15) is 0 Å². The van der Waals surface area contributed by atoms with E-state index in [2.05, 4.69) is 39.5 Å². The number of nitro groups is 1. The monoisotopic (exact) mass is 348 g/mol. The van der Waals surface area contributed by atoms with E-state index in [1.807, 2.05) is 12.1 Å². The molecule has 0 saturated carbocycles. The van der Waals surface area contributed by atoms with Gasteiger partial charge < -0.3 is 5.32 Å². The van der Waals surface area contributed by atoms with E-state index >= 15 is 0 Å². The van der Waals surface area contributed by atoms with Crippen LogP contribution in [0.1, 0.15) is 12.0 Å². The maximum absolute atomic E-state index is 11.2. The molecule has 0 amide bonds. The first-order chi connectivity index (χ1) is 12.7. The predicted octanol–water partition coefficient (Wildman–Crippen LogP) is 3.83. The third-order valence-electron chi connectivity index (χ3n) is 4.87. The fraction of sp³-hybridized carbons (Fsp3) is 0.250. The molecule has 1 atom stereocenters. The standard InChI is InChI=1S/C20H20N4O2/c25-24(26)20-7-6-19(17-8-10-21-12-18(17)20)22-16-9-11-23(14-16)13-15-4-2-1-3-5-15/h1-8,10,12,16,22H,9,11,13-14H2. The van der Waals surface area contributed by atoms with Gasteiger partial charge in [0, 0.05) is 55.2 Å². The van der Waals surface area contributed by atoms with Gasteiger partial charge in [-0.3, -0.25) is 20.0 Å². The lowest BCUT2D eigenvalue weighted by Crippen LogP contribution is -2.26. The zero-order chi connectivity index (χ0) is 17.9. The van der Waals surface area contributed by atoms with E-state index in [1.165, 1.54) is 5.56 Å². The number of fused-ring (bicyclic) bond motifs is 1. The molecule has 0 spiro atoms. The highest BCUT2D eigenvalue weighted by Crippen LogP contribution is 2.31. The highest BCUT2D eigenvalue weighted by Gasteiger charge is 2.23. The molecule has 4 rings (SSSR count). The van der Waals surface area contributed by atoms with Gasteiger partial charge in [0.05, 0.1) is 10.3 Å². The molecule has 0 aliphatic carbocycles. The molecule has 1 saturated heterocycles. The summed E-state index contributed by atoms with van der Waals surface area (Å²) < 4.78 is 0. The number of nitrogens with zero attached hydrogens (tertiary/aromatic N) is 3. The molecule has 6 heteroatoms. The molecule has 1 fully saturated rings. The number of non-ortho nitro benzene ring substituents is 1. The SMILES string of the molecule is O=[N+]([O-])c1ccc(NC2CCN(Cc3ccccc3)C2)c2ccncc12. The van der Waals surface area contributed by atoms with Crippen molar-refractivity contribution in [2.24, 2.45) is 0 Å². The Morgan fingerprint density at radius 2 is 2.00 bits per heavy atom. The van der Waals surface area contributed by atoms with E-state index in [0.717, 1.165) is 37.1 Å². The fourth-order valence-corrected chi connectivity index (χ4v) is 3.62. The first-order valence-electron chi connectivity index (χ1n) is 8.74. The van der Waals surface area contributed by atoms with E-state index in [4.69, 9.17) is 0 Å². The lowest BCUT2D eigenvalue weighted by Gasteiger charge is -2.18. The van der Waals surface area contributed by atoms with Gasteiger partial charge >= 0.3 is 0 Å². The first kappa shape index (κ1) is 16.5. The Morgan fingerprint density at radius 3 is 2.81 bits per heavy atom. The second-order valence-electron chi connectivity index (χ2n) is 6.66. The number of pyridine rings is 1. The molecule has 1 aromatic heterocycles. The van der Waals surface area contributed by atoms with Crippen LogP contribution in [0.25, 0.3) is 10.8 Å². The van der Waals surface area contributed by atoms with Crippen LogP contribution in [0.2, 0.25) is 0 Å². The molecule has 0 radical (unpaired) electrons. The number of benzene rings is 2. The Kier molecular flexibility index (Phi) is 4.50. The maximum Gasteiger partial charge on any atom is 0.278 e. The topological polar surface area (TPSA) is 71.3 Å². The van der Waals surface area contributed by atoms with Crippen LogP contribution in [-0.4, -0.2) is 33.9 Å². The van der Waals surface area contributed by atoms with E-state index in [0.29, 0.717) is 11.4 Å². The molecule has 26 heavy (non-hydrogen) atoms. The molecule has 132 valence electrons. The third-order valence-corrected chi connectivity index (χ3v) is 4.87. The number of rotatable bonds is 5. The van der Waals surface area contributed by atoms with Crippen molar-refractivity contribution in [2.45, 2.75) is 19.0 Å². The largest absolute Gasteiger partial charge is 0.380 e. The summed E-state index contributed by atoms with van der Waals surface area (Å²) in [6, 6.07) is 16.0. The van der Waals surface area contributed by atoms with Crippen LogP contribution in [-0.2, 0) is 6.54 Å². The summed E-state index contributed by atoms with van der Waals surface area (Å²) in [5.74, 6) is 0. The van der Waals surface area contributed by atoms with Crippen molar-refractivity contribution in [2.75, 3.05) is 18.4 Å². The minimum atomic E-state index is -0.356. The molecule has 1 aliphatic rings. The highest BCUT2D eigenvalue weighted by molar-refractivity contribution is 5.99. The number of anilines is 1. The van der Waals surface area contributed by atoms with Gasteiger partial charge in [-0.2, -0.15) is 0 Å². The number of aromatic nitrogens is 1. The lowest BCUT2D eigenvalue weighted by molar-refractivity contribution is -0.383. The summed E-state index contributed by atoms with van der Waals surface area (Å²) >= 11 is 0. The quantitative estimate of drug-likeness (QED) is 0.560. The van der Waals surface area contributed by atoms with Crippen molar-refractivity contribution in [1.82, 2.24) is 9.88 Å². The van der Waals surface area contributed by atoms with Gasteiger partial charge in [-0.15, -0.1) is 0 Å². The minimum absolute atomic E-state index is 0.0933. The van der Waals surface area contributed by atoms with Gasteiger partial charge in [-0.1, -0.05) is 30.3 Å². The van der Waals surface area contributed by atoms with Crippen molar-refractivity contribution in [1.29, 1.82) is 0 Å². The second kappa shape index (κ2) is 7.09. The van der Waals surface area contributed by atoms with Gasteiger partial charge in [0.2, 0.25) is 0 Å². The molecule has 1 aliphatic heterocycles. The van der Waals surface area contributed by atoms with Crippen molar-refractivity contribution in [3.63, 3.8) is 0 Å². The number of hydrogen-bond donors (Lipinski definition) is 1. The summed E-state index contributed by atoms with van der Waals surface area (Å²) in [4.78, 5) is 17.4.